The molecule has 0 unspecified atom stereocenters. The van der Waals surface area contributed by atoms with E-state index in [-0.39, 0.29) is 0 Å². The van der Waals surface area contributed by atoms with E-state index in [4.69, 9.17) is 0 Å². The van der Waals surface area contributed by atoms with Gasteiger partial charge in [-0.2, -0.15) is 10.2 Å². The summed E-state index contributed by atoms with van der Waals surface area (Å²) in [5.74, 6) is 0.872. The molecule has 1 N–H and O–H groups in total. The average Bonchev–Trinajstić information content (AvgIpc) is 3.10. The van der Waals surface area contributed by atoms with Crippen LogP contribution in [0.15, 0.2) is 30.5 Å². The first-order valence-electron chi connectivity index (χ1n) is 5.38. The summed E-state index contributed by atoms with van der Waals surface area (Å²) in [4.78, 5) is 0. The van der Waals surface area contributed by atoms with Gasteiger partial charge in [0.15, 0.2) is 0 Å². The number of nitrogens with one attached hydrogen (secondary N) is 1. The van der Waals surface area contributed by atoms with Crippen molar-refractivity contribution in [3.8, 4) is 0 Å². The van der Waals surface area contributed by atoms with Crippen molar-refractivity contribution >= 4 is 16.6 Å². The lowest BCUT2D eigenvalue weighted by Crippen LogP contribution is -2.04. The molecule has 3 rings (SSSR count). The lowest BCUT2D eigenvalue weighted by atomic mass is 10.2. The van der Waals surface area contributed by atoms with Gasteiger partial charge in [-0.15, -0.1) is 0 Å². The van der Waals surface area contributed by atoms with Crippen LogP contribution in [0.3, 0.4) is 0 Å². The van der Waals surface area contributed by atoms with Crippen LogP contribution in [0, 0.1) is 5.92 Å². The zero-order valence-corrected chi connectivity index (χ0v) is 8.48. The number of anilines is 1. The predicted octanol–water partition coefficient (Wildman–Crippen LogP) is 2.45. The monoisotopic (exact) mass is 199 g/mol. The molecule has 0 radical (unpaired) electrons. The summed E-state index contributed by atoms with van der Waals surface area (Å²) in [7, 11) is 0. The second kappa shape index (κ2) is 3.50. The number of nitrogens with zero attached hydrogens (tertiary/aromatic N) is 2. The summed E-state index contributed by atoms with van der Waals surface area (Å²) < 4.78 is 0. The minimum atomic E-state index is 0.872. The summed E-state index contributed by atoms with van der Waals surface area (Å²) in [6.45, 7) is 1.07. The van der Waals surface area contributed by atoms with Gasteiger partial charge in [-0.1, -0.05) is 18.2 Å². The lowest BCUT2D eigenvalue weighted by Gasteiger charge is -2.07. The largest absolute Gasteiger partial charge is 0.383 e. The average molecular weight is 199 g/mol. The van der Waals surface area contributed by atoms with Gasteiger partial charge in [0.05, 0.1) is 17.4 Å². The molecule has 1 aliphatic rings. The van der Waals surface area contributed by atoms with Gasteiger partial charge < -0.3 is 5.32 Å². The molecule has 0 amide bonds. The van der Waals surface area contributed by atoms with Crippen LogP contribution in [0.5, 0.6) is 0 Å². The fourth-order valence-corrected chi connectivity index (χ4v) is 1.72. The topological polar surface area (TPSA) is 37.8 Å². The van der Waals surface area contributed by atoms with Crippen LogP contribution in [-0.4, -0.2) is 16.7 Å². The van der Waals surface area contributed by atoms with Gasteiger partial charge in [0.25, 0.3) is 0 Å². The third-order valence-corrected chi connectivity index (χ3v) is 2.82. The maximum absolute atomic E-state index is 4.09. The first-order chi connectivity index (χ1) is 7.43. The lowest BCUT2D eigenvalue weighted by molar-refractivity contribution is 0.888. The maximum Gasteiger partial charge on any atom is 0.0950 e. The summed E-state index contributed by atoms with van der Waals surface area (Å²) in [6, 6.07) is 8.10. The fraction of sp³-hybridized carbons (Fsp3) is 0.333. The van der Waals surface area contributed by atoms with Gasteiger partial charge in [0.2, 0.25) is 0 Å². The second-order valence-electron chi connectivity index (χ2n) is 4.10. The van der Waals surface area contributed by atoms with Gasteiger partial charge in [-0.3, -0.25) is 0 Å². The minimum absolute atomic E-state index is 0.872. The molecular weight excluding hydrogens is 186 g/mol. The van der Waals surface area contributed by atoms with Crippen LogP contribution < -0.4 is 5.32 Å². The Balaban J connectivity index is 1.93. The molecule has 1 aromatic carbocycles. The van der Waals surface area contributed by atoms with Crippen molar-refractivity contribution in [2.24, 2.45) is 5.92 Å². The molecule has 1 fully saturated rings. The van der Waals surface area contributed by atoms with Crippen molar-refractivity contribution in [2.75, 3.05) is 11.9 Å². The van der Waals surface area contributed by atoms with E-state index in [0.717, 1.165) is 29.1 Å². The van der Waals surface area contributed by atoms with Crippen molar-refractivity contribution in [3.05, 3.63) is 30.5 Å². The molecule has 0 bridgehead atoms. The highest BCUT2D eigenvalue weighted by Gasteiger charge is 2.20. The van der Waals surface area contributed by atoms with Gasteiger partial charge in [0.1, 0.15) is 0 Å². The number of rotatable bonds is 3. The molecule has 0 spiro atoms. The first-order valence-corrected chi connectivity index (χ1v) is 5.38. The van der Waals surface area contributed by atoms with Crippen molar-refractivity contribution in [1.82, 2.24) is 10.2 Å². The molecular formula is C12H13N3. The molecule has 76 valence electrons. The molecule has 15 heavy (non-hydrogen) atoms. The summed E-state index contributed by atoms with van der Waals surface area (Å²) >= 11 is 0. The van der Waals surface area contributed by atoms with E-state index in [9.17, 15) is 0 Å². The summed E-state index contributed by atoms with van der Waals surface area (Å²) in [5.41, 5.74) is 2.06. The summed E-state index contributed by atoms with van der Waals surface area (Å²) in [5, 5.41) is 12.7. The zero-order valence-electron chi connectivity index (χ0n) is 8.48. The van der Waals surface area contributed by atoms with Crippen LogP contribution >= 0.6 is 0 Å². The normalized spacial score (nSPS) is 15.5. The molecule has 3 nitrogen and oxygen atoms in total. The van der Waals surface area contributed by atoms with Crippen LogP contribution in [0.25, 0.3) is 10.9 Å². The highest BCUT2D eigenvalue weighted by Crippen LogP contribution is 2.29. The molecule has 1 heterocycles. The standard InChI is InChI=1S/C12H13N3/c1-2-4-11-10(3-1)12(8-14-15-11)13-7-9-5-6-9/h1-4,8-9H,5-7H2,(H,13,15). The molecule has 1 aromatic heterocycles. The Hall–Kier alpha value is -1.64. The van der Waals surface area contributed by atoms with Gasteiger partial charge in [-0.05, 0) is 24.8 Å². The Morgan fingerprint density at radius 2 is 2.13 bits per heavy atom. The smallest absolute Gasteiger partial charge is 0.0950 e. The van der Waals surface area contributed by atoms with Crippen molar-refractivity contribution in [3.63, 3.8) is 0 Å². The number of fused-ring (bicyclic) bond motifs is 1. The Labute approximate surface area is 88.5 Å². The van der Waals surface area contributed by atoms with Crippen molar-refractivity contribution in [1.29, 1.82) is 0 Å². The van der Waals surface area contributed by atoms with Crippen molar-refractivity contribution < 1.29 is 0 Å². The fourth-order valence-electron chi connectivity index (χ4n) is 1.72. The highest BCUT2D eigenvalue weighted by molar-refractivity contribution is 5.90. The Bertz CT molecular complexity index is 472. The second-order valence-corrected chi connectivity index (χ2v) is 4.10. The Morgan fingerprint density at radius 3 is 3.00 bits per heavy atom. The zero-order chi connectivity index (χ0) is 10.1. The van der Waals surface area contributed by atoms with Crippen molar-refractivity contribution in [2.45, 2.75) is 12.8 Å². The Kier molecular flexibility index (Phi) is 2.02. The number of hydrogen-bond acceptors (Lipinski definition) is 3. The van der Waals surface area contributed by atoms with E-state index < -0.39 is 0 Å². The first kappa shape index (κ1) is 8.65. The van der Waals surface area contributed by atoms with E-state index >= 15 is 0 Å². The molecule has 1 saturated carbocycles. The molecule has 3 heteroatoms. The number of hydrogen-bond donors (Lipinski definition) is 1. The van der Waals surface area contributed by atoms with Crippen LogP contribution in [0.2, 0.25) is 0 Å². The van der Waals surface area contributed by atoms with Crippen LogP contribution in [0.1, 0.15) is 12.8 Å². The minimum Gasteiger partial charge on any atom is -0.383 e. The highest BCUT2D eigenvalue weighted by atomic mass is 15.1. The predicted molar refractivity (Wildman–Crippen MR) is 60.8 cm³/mol. The van der Waals surface area contributed by atoms with Crippen LogP contribution in [-0.2, 0) is 0 Å². The SMILES string of the molecule is c1ccc2c(NCC3CC3)cnnc2c1. The van der Waals surface area contributed by atoms with E-state index in [1.165, 1.54) is 12.8 Å². The van der Waals surface area contributed by atoms with Crippen LogP contribution in [0.4, 0.5) is 5.69 Å². The Morgan fingerprint density at radius 1 is 1.27 bits per heavy atom. The molecule has 2 aromatic rings. The quantitative estimate of drug-likeness (QED) is 0.825. The molecule has 0 saturated heterocycles. The van der Waals surface area contributed by atoms with E-state index in [1.807, 2.05) is 24.4 Å². The molecule has 0 atom stereocenters. The maximum atomic E-state index is 4.09. The van der Waals surface area contributed by atoms with E-state index in [0.29, 0.717) is 0 Å². The third-order valence-electron chi connectivity index (χ3n) is 2.82. The van der Waals surface area contributed by atoms with E-state index in [1.54, 1.807) is 0 Å². The molecule has 0 aliphatic heterocycles. The van der Waals surface area contributed by atoms with Gasteiger partial charge in [0, 0.05) is 11.9 Å². The van der Waals surface area contributed by atoms with E-state index in [2.05, 4.69) is 21.6 Å². The molecule has 1 aliphatic carbocycles. The third kappa shape index (κ3) is 1.77. The summed E-state index contributed by atoms with van der Waals surface area (Å²) in [6.07, 6.45) is 4.54. The van der Waals surface area contributed by atoms with Gasteiger partial charge >= 0.3 is 0 Å². The van der Waals surface area contributed by atoms with Gasteiger partial charge in [-0.25, -0.2) is 0 Å². The number of benzene rings is 1. The number of aromatic nitrogens is 2.